The molecule has 2 aliphatic rings. The van der Waals surface area contributed by atoms with Crippen LogP contribution in [0.2, 0.25) is 0 Å². The summed E-state index contributed by atoms with van der Waals surface area (Å²) in [4.78, 5) is 25.1. The Kier molecular flexibility index (Phi) is 2.33. The van der Waals surface area contributed by atoms with Crippen LogP contribution in [-0.2, 0) is 9.59 Å². The monoisotopic (exact) mass is 195 g/mol. The summed E-state index contributed by atoms with van der Waals surface area (Å²) in [5, 5.41) is 0. The molecule has 0 aromatic heterocycles. The van der Waals surface area contributed by atoms with Gasteiger partial charge in [-0.1, -0.05) is 6.92 Å². The largest absolute Gasteiger partial charge is 0.282 e. The normalized spacial score (nSPS) is 37.6. The predicted octanol–water partition coefficient (Wildman–Crippen LogP) is 1.43. The van der Waals surface area contributed by atoms with Crippen molar-refractivity contribution >= 4 is 11.8 Å². The van der Waals surface area contributed by atoms with E-state index in [2.05, 4.69) is 6.92 Å². The summed E-state index contributed by atoms with van der Waals surface area (Å²) in [6.45, 7) is 4.58. The molecule has 1 aliphatic carbocycles. The summed E-state index contributed by atoms with van der Waals surface area (Å²) >= 11 is 0. The lowest BCUT2D eigenvalue weighted by Crippen LogP contribution is -2.30. The zero-order valence-electron chi connectivity index (χ0n) is 8.82. The summed E-state index contributed by atoms with van der Waals surface area (Å²) in [5.41, 5.74) is 0. The Bertz CT molecular complexity index is 274. The summed E-state index contributed by atoms with van der Waals surface area (Å²) in [6.07, 6.45) is 2.91. The number of hydrogen-bond acceptors (Lipinski definition) is 2. The van der Waals surface area contributed by atoms with Crippen LogP contribution in [0.5, 0.6) is 0 Å². The molecule has 0 N–H and O–H groups in total. The minimum atomic E-state index is 0.00574. The molecule has 0 aromatic rings. The fourth-order valence-electron chi connectivity index (χ4n) is 2.77. The average molecular weight is 195 g/mol. The third kappa shape index (κ3) is 1.26. The molecule has 14 heavy (non-hydrogen) atoms. The predicted molar refractivity (Wildman–Crippen MR) is 52.4 cm³/mol. The third-order valence-electron chi connectivity index (χ3n) is 3.60. The topological polar surface area (TPSA) is 37.4 Å². The zero-order valence-corrected chi connectivity index (χ0v) is 8.82. The van der Waals surface area contributed by atoms with Gasteiger partial charge in [0, 0.05) is 6.54 Å². The van der Waals surface area contributed by atoms with Crippen molar-refractivity contribution in [2.24, 2.45) is 17.8 Å². The number of hydrogen-bond donors (Lipinski definition) is 0. The zero-order chi connectivity index (χ0) is 10.3. The lowest BCUT2D eigenvalue weighted by Gasteiger charge is -2.25. The van der Waals surface area contributed by atoms with Gasteiger partial charge in [-0.3, -0.25) is 14.5 Å². The summed E-state index contributed by atoms with van der Waals surface area (Å²) in [5.74, 6) is 0.776. The Morgan fingerprint density at radius 2 is 1.86 bits per heavy atom. The van der Waals surface area contributed by atoms with Crippen molar-refractivity contribution in [1.29, 1.82) is 0 Å². The second kappa shape index (κ2) is 3.37. The van der Waals surface area contributed by atoms with Crippen LogP contribution < -0.4 is 0 Å². The fraction of sp³-hybridized carbons (Fsp3) is 0.818. The van der Waals surface area contributed by atoms with E-state index in [1.54, 1.807) is 0 Å². The first kappa shape index (κ1) is 9.69. The lowest BCUT2D eigenvalue weighted by atomic mass is 9.76. The number of carbonyl (C=O) groups is 2. The molecule has 1 aliphatic heterocycles. The number of imide groups is 1. The van der Waals surface area contributed by atoms with E-state index in [9.17, 15) is 9.59 Å². The van der Waals surface area contributed by atoms with Crippen molar-refractivity contribution in [2.75, 3.05) is 6.54 Å². The Labute approximate surface area is 84.5 Å². The van der Waals surface area contributed by atoms with Crippen LogP contribution in [0, 0.1) is 17.8 Å². The number of carbonyl (C=O) groups excluding carboxylic acids is 2. The molecule has 78 valence electrons. The van der Waals surface area contributed by atoms with Crippen molar-refractivity contribution in [3.05, 3.63) is 0 Å². The molecular weight excluding hydrogens is 178 g/mol. The van der Waals surface area contributed by atoms with Crippen LogP contribution in [0.15, 0.2) is 0 Å². The van der Waals surface area contributed by atoms with Gasteiger partial charge in [-0.25, -0.2) is 0 Å². The number of fused-ring (bicyclic) bond motifs is 1. The highest BCUT2D eigenvalue weighted by Crippen LogP contribution is 2.40. The summed E-state index contributed by atoms with van der Waals surface area (Å²) in [6, 6.07) is 0. The molecule has 2 rings (SSSR count). The molecule has 0 radical (unpaired) electrons. The van der Waals surface area contributed by atoms with Gasteiger partial charge in [0.25, 0.3) is 0 Å². The molecule has 0 aromatic carbocycles. The number of amides is 2. The van der Waals surface area contributed by atoms with Crippen LogP contribution in [0.1, 0.15) is 33.1 Å². The Morgan fingerprint density at radius 1 is 1.21 bits per heavy atom. The van der Waals surface area contributed by atoms with Crippen molar-refractivity contribution < 1.29 is 9.59 Å². The van der Waals surface area contributed by atoms with Gasteiger partial charge in [-0.15, -0.1) is 0 Å². The van der Waals surface area contributed by atoms with Crippen LogP contribution in [-0.4, -0.2) is 23.3 Å². The number of likely N-dealkylation sites (tertiary alicyclic amines) is 1. The van der Waals surface area contributed by atoms with Gasteiger partial charge in [0.1, 0.15) is 0 Å². The first-order valence-electron chi connectivity index (χ1n) is 5.50. The third-order valence-corrected chi connectivity index (χ3v) is 3.60. The van der Waals surface area contributed by atoms with Gasteiger partial charge in [0.05, 0.1) is 11.8 Å². The first-order chi connectivity index (χ1) is 6.65. The molecule has 3 unspecified atom stereocenters. The molecule has 0 bridgehead atoms. The molecule has 3 atom stereocenters. The van der Waals surface area contributed by atoms with Crippen molar-refractivity contribution in [2.45, 2.75) is 33.1 Å². The van der Waals surface area contributed by atoms with Crippen molar-refractivity contribution in [3.8, 4) is 0 Å². The standard InChI is InChI=1S/C11H17NO2/c1-3-12-10(13)8-5-4-7(2)6-9(8)11(12)14/h7-9H,3-6H2,1-2H3. The van der Waals surface area contributed by atoms with E-state index in [0.29, 0.717) is 12.5 Å². The molecule has 1 heterocycles. The summed E-state index contributed by atoms with van der Waals surface area (Å²) < 4.78 is 0. The van der Waals surface area contributed by atoms with E-state index >= 15 is 0 Å². The van der Waals surface area contributed by atoms with Crippen LogP contribution >= 0.6 is 0 Å². The van der Waals surface area contributed by atoms with Gasteiger partial charge in [-0.05, 0) is 32.1 Å². The minimum absolute atomic E-state index is 0.00574. The highest BCUT2D eigenvalue weighted by atomic mass is 16.2. The van der Waals surface area contributed by atoms with Crippen molar-refractivity contribution in [1.82, 2.24) is 4.90 Å². The van der Waals surface area contributed by atoms with Crippen LogP contribution in [0.25, 0.3) is 0 Å². The van der Waals surface area contributed by atoms with Crippen LogP contribution in [0.4, 0.5) is 0 Å². The number of rotatable bonds is 1. The molecule has 0 spiro atoms. The molecular formula is C11H17NO2. The van der Waals surface area contributed by atoms with E-state index in [0.717, 1.165) is 19.3 Å². The molecule has 2 fully saturated rings. The SMILES string of the molecule is CCN1C(=O)C2CCC(C)CC2C1=O. The Balaban J connectivity index is 2.21. The van der Waals surface area contributed by atoms with E-state index < -0.39 is 0 Å². The average Bonchev–Trinajstić information content (AvgIpc) is 2.39. The van der Waals surface area contributed by atoms with E-state index in [4.69, 9.17) is 0 Å². The Morgan fingerprint density at radius 3 is 2.50 bits per heavy atom. The molecule has 2 amide bonds. The highest BCUT2D eigenvalue weighted by Gasteiger charge is 2.48. The summed E-state index contributed by atoms with van der Waals surface area (Å²) in [7, 11) is 0. The molecule has 1 saturated carbocycles. The molecule has 3 heteroatoms. The van der Waals surface area contributed by atoms with E-state index in [1.165, 1.54) is 4.90 Å². The lowest BCUT2D eigenvalue weighted by molar-refractivity contribution is -0.139. The quantitative estimate of drug-likeness (QED) is 0.593. The van der Waals surface area contributed by atoms with Gasteiger partial charge >= 0.3 is 0 Å². The smallest absolute Gasteiger partial charge is 0.233 e. The van der Waals surface area contributed by atoms with Crippen molar-refractivity contribution in [3.63, 3.8) is 0 Å². The molecule has 1 saturated heterocycles. The highest BCUT2D eigenvalue weighted by molar-refractivity contribution is 6.05. The fourth-order valence-corrected chi connectivity index (χ4v) is 2.77. The van der Waals surface area contributed by atoms with Gasteiger partial charge < -0.3 is 0 Å². The molecule has 3 nitrogen and oxygen atoms in total. The second-order valence-electron chi connectivity index (χ2n) is 4.55. The number of nitrogens with zero attached hydrogens (tertiary/aromatic N) is 1. The van der Waals surface area contributed by atoms with Gasteiger partial charge in [-0.2, -0.15) is 0 Å². The van der Waals surface area contributed by atoms with E-state index in [1.807, 2.05) is 6.92 Å². The maximum absolute atomic E-state index is 11.8. The Hall–Kier alpha value is -0.860. The first-order valence-corrected chi connectivity index (χ1v) is 5.50. The second-order valence-corrected chi connectivity index (χ2v) is 4.55. The minimum Gasteiger partial charge on any atom is -0.282 e. The van der Waals surface area contributed by atoms with Gasteiger partial charge in [0.15, 0.2) is 0 Å². The van der Waals surface area contributed by atoms with Crippen LogP contribution in [0.3, 0.4) is 0 Å². The van der Waals surface area contributed by atoms with E-state index in [-0.39, 0.29) is 23.7 Å². The van der Waals surface area contributed by atoms with Gasteiger partial charge in [0.2, 0.25) is 11.8 Å². The maximum Gasteiger partial charge on any atom is 0.233 e. The maximum atomic E-state index is 11.8.